The van der Waals surface area contributed by atoms with Gasteiger partial charge in [0.1, 0.15) is 0 Å². The Kier molecular flexibility index (Phi) is 10.7. The Morgan fingerprint density at radius 2 is 1.87 bits per heavy atom. The van der Waals surface area contributed by atoms with Crippen LogP contribution >= 0.6 is 35.3 Å². The zero-order valence-electron chi connectivity index (χ0n) is 18.2. The van der Waals surface area contributed by atoms with Crippen molar-refractivity contribution in [3.05, 3.63) is 52.2 Å². The van der Waals surface area contributed by atoms with Crippen molar-refractivity contribution in [2.45, 2.75) is 44.0 Å². The van der Waals surface area contributed by atoms with Crippen LogP contribution in [0.25, 0.3) is 0 Å². The van der Waals surface area contributed by atoms with Crippen LogP contribution in [0.1, 0.15) is 36.6 Å². The smallest absolute Gasteiger partial charge is 0.243 e. The average molecular weight is 577 g/mol. The molecule has 172 valence electrons. The fraction of sp³-hybridized carbons (Fsp3) is 0.500. The molecule has 2 N–H and O–H groups in total. The minimum Gasteiger partial charge on any atom is -0.356 e. The molecule has 1 aliphatic rings. The van der Waals surface area contributed by atoms with E-state index in [0.29, 0.717) is 36.4 Å². The van der Waals surface area contributed by atoms with Crippen LogP contribution in [0.15, 0.2) is 51.7 Å². The summed E-state index contributed by atoms with van der Waals surface area (Å²) in [7, 11) is -1.74. The summed E-state index contributed by atoms with van der Waals surface area (Å²) in [5.41, 5.74) is 0.762. The van der Waals surface area contributed by atoms with Crippen LogP contribution in [-0.2, 0) is 23.0 Å². The van der Waals surface area contributed by atoms with E-state index >= 15 is 0 Å². The summed E-state index contributed by atoms with van der Waals surface area (Å²) in [5, 5.41) is 8.73. The number of halogens is 1. The van der Waals surface area contributed by atoms with Gasteiger partial charge >= 0.3 is 0 Å². The molecule has 1 unspecified atom stereocenters. The standard InChI is InChI=1S/C22H32N4O2S2.HI/c1-18(15-20-10-8-14-29-20)16-24-22(23-2)25-17-19-9-4-5-11-21(19)30(27,28)26-12-6-3-7-13-26;/h4-5,8-11,14,18H,3,6-7,12-13,15-17H2,1-2H3,(H2,23,24,25);1H. The maximum atomic E-state index is 13.1. The van der Waals surface area contributed by atoms with Gasteiger partial charge in [-0.1, -0.05) is 37.6 Å². The highest BCUT2D eigenvalue weighted by Gasteiger charge is 2.27. The highest BCUT2D eigenvalue weighted by Crippen LogP contribution is 2.23. The SMILES string of the molecule is CN=C(NCc1ccccc1S(=O)(=O)N1CCCCC1)NCC(C)Cc1cccs1.I. The Morgan fingerprint density at radius 1 is 1.13 bits per heavy atom. The highest BCUT2D eigenvalue weighted by molar-refractivity contribution is 14.0. The molecule has 6 nitrogen and oxygen atoms in total. The first kappa shape index (κ1) is 26.1. The molecule has 0 amide bonds. The second kappa shape index (κ2) is 12.8. The van der Waals surface area contributed by atoms with Crippen molar-refractivity contribution in [3.8, 4) is 0 Å². The van der Waals surface area contributed by atoms with Gasteiger partial charge in [0.15, 0.2) is 5.96 Å². The number of aliphatic imine (C=N–C) groups is 1. The van der Waals surface area contributed by atoms with Crippen molar-refractivity contribution in [3.63, 3.8) is 0 Å². The third kappa shape index (κ3) is 7.44. The van der Waals surface area contributed by atoms with E-state index in [9.17, 15) is 8.42 Å². The summed E-state index contributed by atoms with van der Waals surface area (Å²) in [4.78, 5) is 6.06. The topological polar surface area (TPSA) is 73.8 Å². The number of thiophene rings is 1. The van der Waals surface area contributed by atoms with Crippen molar-refractivity contribution >= 4 is 51.3 Å². The zero-order chi connectivity index (χ0) is 21.4. The number of sulfonamides is 1. The molecule has 0 radical (unpaired) electrons. The molecule has 0 aliphatic carbocycles. The van der Waals surface area contributed by atoms with Crippen molar-refractivity contribution in [1.29, 1.82) is 0 Å². The van der Waals surface area contributed by atoms with E-state index < -0.39 is 10.0 Å². The number of rotatable bonds is 8. The summed E-state index contributed by atoms with van der Waals surface area (Å²) in [6.45, 7) is 4.62. The van der Waals surface area contributed by atoms with E-state index in [2.05, 4.69) is 40.1 Å². The molecule has 0 saturated carbocycles. The number of nitrogens with one attached hydrogen (secondary N) is 2. The van der Waals surface area contributed by atoms with Gasteiger partial charge in [-0.2, -0.15) is 4.31 Å². The lowest BCUT2D eigenvalue weighted by Crippen LogP contribution is -2.40. The first-order valence-corrected chi connectivity index (χ1v) is 12.9. The molecule has 2 heterocycles. The van der Waals surface area contributed by atoms with Crippen LogP contribution in [0.2, 0.25) is 0 Å². The van der Waals surface area contributed by atoms with E-state index in [1.807, 2.05) is 12.1 Å². The maximum Gasteiger partial charge on any atom is 0.243 e. The van der Waals surface area contributed by atoms with Crippen molar-refractivity contribution in [2.24, 2.45) is 10.9 Å². The Labute approximate surface area is 207 Å². The third-order valence-corrected chi connectivity index (χ3v) is 8.22. The van der Waals surface area contributed by atoms with Gasteiger partial charge in [0, 0.05) is 38.1 Å². The van der Waals surface area contributed by atoms with Gasteiger partial charge in [-0.25, -0.2) is 8.42 Å². The number of piperidine rings is 1. The maximum absolute atomic E-state index is 13.1. The predicted molar refractivity (Wildman–Crippen MR) is 140 cm³/mol. The first-order valence-electron chi connectivity index (χ1n) is 10.6. The summed E-state index contributed by atoms with van der Waals surface area (Å²) < 4.78 is 27.9. The molecule has 31 heavy (non-hydrogen) atoms. The molecule has 1 fully saturated rings. The average Bonchev–Trinajstić information content (AvgIpc) is 3.27. The van der Waals surface area contributed by atoms with Gasteiger partial charge in [0.25, 0.3) is 0 Å². The zero-order valence-corrected chi connectivity index (χ0v) is 22.2. The van der Waals surface area contributed by atoms with Crippen molar-refractivity contribution in [2.75, 3.05) is 26.7 Å². The molecular weight excluding hydrogens is 543 g/mol. The summed E-state index contributed by atoms with van der Waals surface area (Å²) in [6, 6.07) is 11.5. The van der Waals surface area contributed by atoms with E-state index in [4.69, 9.17) is 0 Å². The molecule has 9 heteroatoms. The molecule has 1 aromatic carbocycles. The second-order valence-corrected chi connectivity index (χ2v) is 10.7. The minimum absolute atomic E-state index is 0. The van der Waals surface area contributed by atoms with Gasteiger partial charge in [-0.15, -0.1) is 35.3 Å². The lowest BCUT2D eigenvalue weighted by Gasteiger charge is -2.27. The van der Waals surface area contributed by atoms with Crippen molar-refractivity contribution in [1.82, 2.24) is 14.9 Å². The van der Waals surface area contributed by atoms with E-state index in [1.165, 1.54) is 4.88 Å². The number of guanidine groups is 1. The van der Waals surface area contributed by atoms with Gasteiger partial charge in [0.05, 0.1) is 4.90 Å². The molecule has 0 spiro atoms. The Bertz CT molecular complexity index is 927. The van der Waals surface area contributed by atoms with E-state index in [-0.39, 0.29) is 24.0 Å². The van der Waals surface area contributed by atoms with Gasteiger partial charge in [-0.05, 0) is 48.3 Å². The molecular formula is C22H33IN4O2S2. The fourth-order valence-electron chi connectivity index (χ4n) is 3.66. The largest absolute Gasteiger partial charge is 0.356 e. The summed E-state index contributed by atoms with van der Waals surface area (Å²) in [6.07, 6.45) is 3.99. The van der Waals surface area contributed by atoms with Crippen LogP contribution in [-0.4, -0.2) is 45.4 Å². The molecule has 1 saturated heterocycles. The van der Waals surface area contributed by atoms with Crippen LogP contribution in [0.5, 0.6) is 0 Å². The number of benzene rings is 1. The Hall–Kier alpha value is -1.17. The first-order chi connectivity index (χ1) is 14.5. The summed E-state index contributed by atoms with van der Waals surface area (Å²) in [5.74, 6) is 1.15. The normalized spacial score (nSPS) is 16.4. The predicted octanol–water partition coefficient (Wildman–Crippen LogP) is 4.08. The van der Waals surface area contributed by atoms with Crippen LogP contribution in [0.4, 0.5) is 0 Å². The number of nitrogens with zero attached hydrogens (tertiary/aromatic N) is 2. The minimum atomic E-state index is -3.47. The quantitative estimate of drug-likeness (QED) is 0.282. The van der Waals surface area contributed by atoms with Gasteiger partial charge in [-0.3, -0.25) is 4.99 Å². The molecule has 1 aliphatic heterocycles. The summed E-state index contributed by atoms with van der Waals surface area (Å²) >= 11 is 1.78. The van der Waals surface area contributed by atoms with E-state index in [0.717, 1.165) is 37.8 Å². The van der Waals surface area contributed by atoms with Gasteiger partial charge < -0.3 is 10.6 Å². The lowest BCUT2D eigenvalue weighted by atomic mass is 10.1. The van der Waals surface area contributed by atoms with Crippen LogP contribution < -0.4 is 10.6 Å². The monoisotopic (exact) mass is 576 g/mol. The van der Waals surface area contributed by atoms with E-state index in [1.54, 1.807) is 34.8 Å². The Balaban J connectivity index is 0.00000341. The molecule has 0 bridgehead atoms. The third-order valence-electron chi connectivity index (χ3n) is 5.32. The molecule has 1 atom stereocenters. The van der Waals surface area contributed by atoms with Crippen LogP contribution in [0, 0.1) is 5.92 Å². The van der Waals surface area contributed by atoms with Crippen molar-refractivity contribution < 1.29 is 8.42 Å². The number of hydrogen-bond acceptors (Lipinski definition) is 4. The lowest BCUT2D eigenvalue weighted by molar-refractivity contribution is 0.346. The molecule has 2 aromatic rings. The fourth-order valence-corrected chi connectivity index (χ4v) is 6.27. The molecule has 1 aromatic heterocycles. The molecule has 3 rings (SSSR count). The Morgan fingerprint density at radius 3 is 2.55 bits per heavy atom. The second-order valence-electron chi connectivity index (χ2n) is 7.77. The number of hydrogen-bond donors (Lipinski definition) is 2. The van der Waals surface area contributed by atoms with Gasteiger partial charge in [0.2, 0.25) is 10.0 Å². The highest BCUT2D eigenvalue weighted by atomic mass is 127. The van der Waals surface area contributed by atoms with Crippen LogP contribution in [0.3, 0.4) is 0 Å².